The van der Waals surface area contributed by atoms with Crippen molar-refractivity contribution in [1.29, 1.82) is 0 Å². The SMILES string of the molecule is COc1ccc(C[C@@H]2NC(=O)[C@H](CC(C)C)NC(=O)CN(C(=O)c3cccc(-c4cn[nH]c4)c3)C[C@H](C(C)C)NC(=O)[C@@H](C)NC2=O)cc1. The molecule has 1 aliphatic heterocycles. The van der Waals surface area contributed by atoms with Crippen molar-refractivity contribution in [2.24, 2.45) is 11.8 Å². The van der Waals surface area contributed by atoms with E-state index in [0.29, 0.717) is 17.7 Å². The molecule has 0 bridgehead atoms. The standard InChI is InChI=1S/C36H47N7O6/c1-21(2)14-29-35(47)41-30(15-24-10-12-28(49-6)13-11-24)34(46)39-23(5)33(45)42-31(22(3)4)19-43(20-32(44)40-29)36(48)26-9-7-8-25(16-26)27-17-37-38-18-27/h7-13,16-18,21-23,29-31H,14-15,19-20H2,1-6H3,(H,37,38)(H,39,46)(H,40,44)(H,41,47)(H,42,45)/t23-,29+,30+,31-/m1/s1. The van der Waals surface area contributed by atoms with Gasteiger partial charge in [-0.3, -0.25) is 29.1 Å². The second-order valence-electron chi connectivity index (χ2n) is 13.2. The lowest BCUT2D eigenvalue weighted by molar-refractivity contribution is -0.133. The van der Waals surface area contributed by atoms with Crippen LogP contribution in [-0.2, 0) is 25.6 Å². The van der Waals surface area contributed by atoms with E-state index in [2.05, 4.69) is 31.5 Å². The van der Waals surface area contributed by atoms with Gasteiger partial charge in [0.15, 0.2) is 0 Å². The van der Waals surface area contributed by atoms with Gasteiger partial charge in [-0.05, 0) is 60.6 Å². The highest BCUT2D eigenvalue weighted by atomic mass is 16.5. The van der Waals surface area contributed by atoms with Crippen LogP contribution in [0, 0.1) is 11.8 Å². The Hall–Kier alpha value is -5.20. The van der Waals surface area contributed by atoms with Gasteiger partial charge < -0.3 is 30.9 Å². The molecule has 1 saturated heterocycles. The molecule has 1 aromatic heterocycles. The predicted octanol–water partition coefficient (Wildman–Crippen LogP) is 2.45. The molecular formula is C36H47N7O6. The van der Waals surface area contributed by atoms with Gasteiger partial charge in [-0.25, -0.2) is 0 Å². The van der Waals surface area contributed by atoms with Crippen molar-refractivity contribution < 1.29 is 28.7 Å². The number of H-pyrrole nitrogens is 1. The molecule has 4 atom stereocenters. The van der Waals surface area contributed by atoms with E-state index in [1.54, 1.807) is 68.9 Å². The number of amides is 5. The number of rotatable bonds is 8. The molecule has 2 aromatic carbocycles. The van der Waals surface area contributed by atoms with Crippen LogP contribution < -0.4 is 26.0 Å². The van der Waals surface area contributed by atoms with Crippen molar-refractivity contribution in [3.8, 4) is 16.9 Å². The number of nitrogens with zero attached hydrogens (tertiary/aromatic N) is 2. The molecule has 0 saturated carbocycles. The van der Waals surface area contributed by atoms with Gasteiger partial charge in [0.2, 0.25) is 23.6 Å². The van der Waals surface area contributed by atoms with Gasteiger partial charge in [-0.1, -0.05) is 52.0 Å². The fourth-order valence-electron chi connectivity index (χ4n) is 5.59. The lowest BCUT2D eigenvalue weighted by Crippen LogP contribution is -2.57. The first-order valence-electron chi connectivity index (χ1n) is 16.6. The number of nitrogens with one attached hydrogen (secondary N) is 5. The van der Waals surface area contributed by atoms with E-state index in [1.807, 2.05) is 33.8 Å². The molecule has 1 aliphatic rings. The molecule has 5 N–H and O–H groups in total. The smallest absolute Gasteiger partial charge is 0.254 e. The number of hydrogen-bond acceptors (Lipinski definition) is 7. The van der Waals surface area contributed by atoms with E-state index >= 15 is 0 Å². The van der Waals surface area contributed by atoms with Crippen molar-refractivity contribution in [2.75, 3.05) is 20.2 Å². The molecule has 49 heavy (non-hydrogen) atoms. The highest BCUT2D eigenvalue weighted by Crippen LogP contribution is 2.21. The Morgan fingerprint density at radius 2 is 1.61 bits per heavy atom. The first kappa shape index (κ1) is 36.6. The second kappa shape index (κ2) is 16.8. The lowest BCUT2D eigenvalue weighted by atomic mass is 10.0. The predicted molar refractivity (Wildman–Crippen MR) is 184 cm³/mol. The van der Waals surface area contributed by atoms with E-state index in [1.165, 1.54) is 4.90 Å². The molecule has 0 aliphatic carbocycles. The third-order valence-electron chi connectivity index (χ3n) is 8.45. The third-order valence-corrected chi connectivity index (χ3v) is 8.45. The average Bonchev–Trinajstić information content (AvgIpc) is 3.61. The number of carbonyl (C=O) groups is 5. The molecule has 4 rings (SSSR count). The number of methoxy groups -OCH3 is 1. The van der Waals surface area contributed by atoms with Gasteiger partial charge in [-0.15, -0.1) is 0 Å². The minimum absolute atomic E-state index is 0.00734. The maximum Gasteiger partial charge on any atom is 0.254 e. The molecule has 2 heterocycles. The summed E-state index contributed by atoms with van der Waals surface area (Å²) in [5.41, 5.74) is 2.66. The number of benzene rings is 2. The van der Waals surface area contributed by atoms with Crippen LogP contribution in [0.25, 0.3) is 11.1 Å². The summed E-state index contributed by atoms with van der Waals surface area (Å²) in [6.45, 7) is 8.85. The summed E-state index contributed by atoms with van der Waals surface area (Å²) in [7, 11) is 1.55. The molecule has 13 nitrogen and oxygen atoms in total. The van der Waals surface area contributed by atoms with Gasteiger partial charge in [0.05, 0.1) is 19.9 Å². The van der Waals surface area contributed by atoms with Crippen LogP contribution in [0.5, 0.6) is 5.75 Å². The molecule has 3 aromatic rings. The Morgan fingerprint density at radius 1 is 0.898 bits per heavy atom. The lowest BCUT2D eigenvalue weighted by Gasteiger charge is -2.31. The topological polar surface area (TPSA) is 175 Å². The average molecular weight is 674 g/mol. The van der Waals surface area contributed by atoms with Crippen LogP contribution >= 0.6 is 0 Å². The monoisotopic (exact) mass is 673 g/mol. The summed E-state index contributed by atoms with van der Waals surface area (Å²) in [4.78, 5) is 70.0. The summed E-state index contributed by atoms with van der Waals surface area (Å²) >= 11 is 0. The fourth-order valence-corrected chi connectivity index (χ4v) is 5.59. The molecule has 13 heteroatoms. The largest absolute Gasteiger partial charge is 0.497 e. The summed E-state index contributed by atoms with van der Waals surface area (Å²) in [5.74, 6) is -2.01. The van der Waals surface area contributed by atoms with Crippen molar-refractivity contribution >= 4 is 29.5 Å². The van der Waals surface area contributed by atoms with E-state index in [9.17, 15) is 24.0 Å². The number of aromatic amines is 1. The third kappa shape index (κ3) is 10.1. The van der Waals surface area contributed by atoms with E-state index < -0.39 is 53.7 Å². The van der Waals surface area contributed by atoms with Crippen molar-refractivity contribution in [3.05, 3.63) is 72.1 Å². The maximum absolute atomic E-state index is 14.1. The second-order valence-corrected chi connectivity index (χ2v) is 13.2. The highest BCUT2D eigenvalue weighted by molar-refractivity contribution is 5.99. The van der Waals surface area contributed by atoms with Crippen molar-refractivity contribution in [2.45, 2.75) is 71.6 Å². The van der Waals surface area contributed by atoms with E-state index in [-0.39, 0.29) is 31.3 Å². The van der Waals surface area contributed by atoms with Gasteiger partial charge >= 0.3 is 0 Å². The van der Waals surface area contributed by atoms with Gasteiger partial charge in [-0.2, -0.15) is 5.10 Å². The van der Waals surface area contributed by atoms with Crippen LogP contribution in [0.3, 0.4) is 0 Å². The summed E-state index contributed by atoms with van der Waals surface area (Å²) < 4.78 is 5.24. The Labute approximate surface area is 286 Å². The minimum atomic E-state index is -1.05. The first-order valence-corrected chi connectivity index (χ1v) is 16.6. The Kier molecular flexibility index (Phi) is 12.5. The Bertz CT molecular complexity index is 1610. The van der Waals surface area contributed by atoms with E-state index in [4.69, 9.17) is 4.74 Å². The van der Waals surface area contributed by atoms with Crippen LogP contribution in [0.15, 0.2) is 60.9 Å². The van der Waals surface area contributed by atoms with Gasteiger partial charge in [0.25, 0.3) is 5.91 Å². The molecule has 5 amide bonds. The minimum Gasteiger partial charge on any atom is -0.497 e. The highest BCUT2D eigenvalue weighted by Gasteiger charge is 2.33. The van der Waals surface area contributed by atoms with Crippen LogP contribution in [0.4, 0.5) is 0 Å². The normalized spacial score (nSPS) is 21.3. The van der Waals surface area contributed by atoms with Crippen LogP contribution in [0.1, 0.15) is 57.0 Å². The number of carbonyl (C=O) groups excluding carboxylic acids is 5. The van der Waals surface area contributed by atoms with Crippen LogP contribution in [-0.4, -0.2) is 89.0 Å². The van der Waals surface area contributed by atoms with Crippen LogP contribution in [0.2, 0.25) is 0 Å². The fraction of sp³-hybridized carbons (Fsp3) is 0.444. The molecular weight excluding hydrogens is 626 g/mol. The summed E-state index contributed by atoms with van der Waals surface area (Å²) in [6, 6.07) is 10.5. The van der Waals surface area contributed by atoms with Gasteiger partial charge in [0.1, 0.15) is 23.9 Å². The first-order chi connectivity index (χ1) is 23.3. The summed E-state index contributed by atoms with van der Waals surface area (Å²) in [5, 5.41) is 18.1. The number of hydrogen-bond donors (Lipinski definition) is 5. The van der Waals surface area contributed by atoms with Crippen molar-refractivity contribution in [1.82, 2.24) is 36.4 Å². The quantitative estimate of drug-likeness (QED) is 0.244. The molecule has 0 radical (unpaired) electrons. The number of ether oxygens (including phenoxy) is 1. The molecule has 0 spiro atoms. The van der Waals surface area contributed by atoms with Crippen molar-refractivity contribution in [3.63, 3.8) is 0 Å². The Balaban J connectivity index is 1.68. The zero-order valence-corrected chi connectivity index (χ0v) is 28.9. The number of aromatic nitrogens is 2. The Morgan fingerprint density at radius 3 is 2.24 bits per heavy atom. The van der Waals surface area contributed by atoms with Gasteiger partial charge in [0, 0.05) is 36.3 Å². The summed E-state index contributed by atoms with van der Waals surface area (Å²) in [6.07, 6.45) is 3.79. The molecule has 262 valence electrons. The van der Waals surface area contributed by atoms with E-state index in [0.717, 1.165) is 16.7 Å². The molecule has 1 fully saturated rings. The zero-order valence-electron chi connectivity index (χ0n) is 28.9. The maximum atomic E-state index is 14.1. The zero-order chi connectivity index (χ0) is 35.7. The molecule has 0 unspecified atom stereocenters.